The minimum absolute atomic E-state index is 0.0938. The third-order valence-electron chi connectivity index (χ3n) is 2.74. The van der Waals surface area contributed by atoms with Crippen LogP contribution in [0.3, 0.4) is 0 Å². The quantitative estimate of drug-likeness (QED) is 0.812. The molecule has 0 saturated carbocycles. The maximum atomic E-state index is 11.1. The van der Waals surface area contributed by atoms with Crippen molar-refractivity contribution in [3.05, 3.63) is 48.0 Å². The third-order valence-corrected chi connectivity index (χ3v) is 4.00. The highest BCUT2D eigenvalue weighted by atomic mass is 32.2. The Morgan fingerprint density at radius 3 is 3.19 bits per heavy atom. The summed E-state index contributed by atoms with van der Waals surface area (Å²) in [6, 6.07) is 8.48. The van der Waals surface area contributed by atoms with Crippen molar-refractivity contribution in [3.63, 3.8) is 0 Å². The number of hydrogen-bond donors (Lipinski definition) is 1. The highest BCUT2D eigenvalue weighted by Crippen LogP contribution is 2.35. The average Bonchev–Trinajstić information content (AvgIpc) is 2.35. The standard InChI is InChI=1S/C13H15NOS/c1-2-13(15)14-9-12-11-6-4-3-5-10(11)7-8-16-12/h2-6,12H,1,7-9H2,(H,14,15). The second-order valence-electron chi connectivity index (χ2n) is 3.76. The fourth-order valence-electron chi connectivity index (χ4n) is 1.91. The van der Waals surface area contributed by atoms with Crippen LogP contribution in [0.5, 0.6) is 0 Å². The number of amides is 1. The summed E-state index contributed by atoms with van der Waals surface area (Å²) in [6.07, 6.45) is 2.45. The van der Waals surface area contributed by atoms with E-state index in [1.54, 1.807) is 0 Å². The number of fused-ring (bicyclic) bond motifs is 1. The van der Waals surface area contributed by atoms with Gasteiger partial charge in [0.05, 0.1) is 0 Å². The van der Waals surface area contributed by atoms with Crippen molar-refractivity contribution in [1.82, 2.24) is 5.32 Å². The molecule has 0 spiro atoms. The number of thioether (sulfide) groups is 1. The average molecular weight is 233 g/mol. The molecule has 1 aromatic rings. The van der Waals surface area contributed by atoms with Gasteiger partial charge in [0.1, 0.15) is 0 Å². The summed E-state index contributed by atoms with van der Waals surface area (Å²) in [7, 11) is 0. The minimum Gasteiger partial charge on any atom is -0.351 e. The van der Waals surface area contributed by atoms with E-state index < -0.39 is 0 Å². The molecule has 0 saturated heterocycles. The zero-order valence-electron chi connectivity index (χ0n) is 9.11. The molecule has 1 heterocycles. The Labute approximate surface area is 100 Å². The van der Waals surface area contributed by atoms with Gasteiger partial charge in [0.2, 0.25) is 5.91 Å². The molecule has 1 amide bonds. The molecular weight excluding hydrogens is 218 g/mol. The Morgan fingerprint density at radius 1 is 1.56 bits per heavy atom. The monoisotopic (exact) mass is 233 g/mol. The fraction of sp³-hybridized carbons (Fsp3) is 0.308. The molecule has 1 aliphatic heterocycles. The van der Waals surface area contributed by atoms with Crippen LogP contribution in [0.25, 0.3) is 0 Å². The zero-order chi connectivity index (χ0) is 11.4. The molecule has 3 heteroatoms. The first-order chi connectivity index (χ1) is 7.81. The van der Waals surface area contributed by atoms with Crippen LogP contribution < -0.4 is 5.32 Å². The topological polar surface area (TPSA) is 29.1 Å². The Hall–Kier alpha value is -1.22. The van der Waals surface area contributed by atoms with Crippen molar-refractivity contribution in [2.75, 3.05) is 12.3 Å². The number of aryl methyl sites for hydroxylation is 1. The van der Waals surface area contributed by atoms with Crippen molar-refractivity contribution in [2.45, 2.75) is 11.7 Å². The van der Waals surface area contributed by atoms with E-state index in [4.69, 9.17) is 0 Å². The SMILES string of the molecule is C=CC(=O)NCC1SCCc2ccccc21. The number of hydrogen-bond acceptors (Lipinski definition) is 2. The summed E-state index contributed by atoms with van der Waals surface area (Å²) in [4.78, 5) is 11.1. The van der Waals surface area contributed by atoms with Crippen LogP contribution in [0.4, 0.5) is 0 Å². The van der Waals surface area contributed by atoms with E-state index in [1.165, 1.54) is 17.2 Å². The maximum absolute atomic E-state index is 11.1. The van der Waals surface area contributed by atoms with Gasteiger partial charge >= 0.3 is 0 Å². The van der Waals surface area contributed by atoms with Crippen LogP contribution >= 0.6 is 11.8 Å². The van der Waals surface area contributed by atoms with Crippen LogP contribution in [0.15, 0.2) is 36.9 Å². The lowest BCUT2D eigenvalue weighted by Gasteiger charge is -2.25. The Morgan fingerprint density at radius 2 is 2.38 bits per heavy atom. The van der Waals surface area contributed by atoms with Gasteiger partial charge in [0, 0.05) is 11.8 Å². The summed E-state index contributed by atoms with van der Waals surface area (Å²) in [5, 5.41) is 3.25. The van der Waals surface area contributed by atoms with Gasteiger partial charge in [0.15, 0.2) is 0 Å². The largest absolute Gasteiger partial charge is 0.351 e. The van der Waals surface area contributed by atoms with Crippen molar-refractivity contribution in [3.8, 4) is 0 Å². The first kappa shape index (κ1) is 11.3. The van der Waals surface area contributed by atoms with E-state index in [2.05, 4.69) is 36.2 Å². The smallest absolute Gasteiger partial charge is 0.243 e. The summed E-state index contributed by atoms with van der Waals surface area (Å²) >= 11 is 1.91. The molecule has 1 aliphatic rings. The lowest BCUT2D eigenvalue weighted by Crippen LogP contribution is -2.27. The van der Waals surface area contributed by atoms with E-state index in [9.17, 15) is 4.79 Å². The van der Waals surface area contributed by atoms with Gasteiger partial charge in [-0.05, 0) is 29.4 Å². The van der Waals surface area contributed by atoms with Gasteiger partial charge in [0.25, 0.3) is 0 Å². The van der Waals surface area contributed by atoms with E-state index in [1.807, 2.05) is 11.8 Å². The van der Waals surface area contributed by atoms with Gasteiger partial charge < -0.3 is 5.32 Å². The molecule has 0 aliphatic carbocycles. The molecule has 1 atom stereocenters. The Balaban J connectivity index is 2.07. The first-order valence-corrected chi connectivity index (χ1v) is 6.46. The van der Waals surface area contributed by atoms with Crippen LogP contribution in [0, 0.1) is 0 Å². The van der Waals surface area contributed by atoms with E-state index in [0.29, 0.717) is 11.8 Å². The molecule has 1 aromatic carbocycles. The van der Waals surface area contributed by atoms with Gasteiger partial charge in [-0.15, -0.1) is 0 Å². The van der Waals surface area contributed by atoms with Gasteiger partial charge in [-0.2, -0.15) is 11.8 Å². The number of nitrogens with one attached hydrogen (secondary N) is 1. The number of carbonyl (C=O) groups is 1. The fourth-order valence-corrected chi connectivity index (χ4v) is 3.14. The maximum Gasteiger partial charge on any atom is 0.243 e. The highest BCUT2D eigenvalue weighted by Gasteiger charge is 2.20. The van der Waals surface area contributed by atoms with Gasteiger partial charge in [-0.1, -0.05) is 30.8 Å². The van der Waals surface area contributed by atoms with E-state index >= 15 is 0 Å². The predicted octanol–water partition coefficient (Wildman–Crippen LogP) is 2.32. The number of carbonyl (C=O) groups excluding carboxylic acids is 1. The molecule has 1 N–H and O–H groups in total. The number of rotatable bonds is 3. The first-order valence-electron chi connectivity index (χ1n) is 5.41. The van der Waals surface area contributed by atoms with Crippen molar-refractivity contribution >= 4 is 17.7 Å². The van der Waals surface area contributed by atoms with Crippen LogP contribution in [-0.4, -0.2) is 18.2 Å². The second-order valence-corrected chi connectivity index (χ2v) is 5.07. The van der Waals surface area contributed by atoms with Crippen molar-refractivity contribution in [1.29, 1.82) is 0 Å². The molecule has 1 unspecified atom stereocenters. The lowest BCUT2D eigenvalue weighted by molar-refractivity contribution is -0.116. The lowest BCUT2D eigenvalue weighted by atomic mass is 10.0. The Bertz CT molecular complexity index is 403. The molecular formula is C13H15NOS. The van der Waals surface area contributed by atoms with Crippen molar-refractivity contribution in [2.24, 2.45) is 0 Å². The minimum atomic E-state index is -0.0938. The van der Waals surface area contributed by atoms with Crippen molar-refractivity contribution < 1.29 is 4.79 Å². The molecule has 0 bridgehead atoms. The summed E-state index contributed by atoms with van der Waals surface area (Å²) < 4.78 is 0. The zero-order valence-corrected chi connectivity index (χ0v) is 9.93. The molecule has 2 rings (SSSR count). The molecule has 0 radical (unpaired) electrons. The second kappa shape index (κ2) is 5.21. The van der Waals surface area contributed by atoms with Gasteiger partial charge in [-0.3, -0.25) is 4.79 Å². The predicted molar refractivity (Wildman–Crippen MR) is 68.6 cm³/mol. The normalized spacial score (nSPS) is 18.6. The third kappa shape index (κ3) is 2.47. The van der Waals surface area contributed by atoms with Crippen LogP contribution in [0.2, 0.25) is 0 Å². The summed E-state index contributed by atoms with van der Waals surface area (Å²) in [5.41, 5.74) is 2.78. The number of benzene rings is 1. The molecule has 16 heavy (non-hydrogen) atoms. The highest BCUT2D eigenvalue weighted by molar-refractivity contribution is 7.99. The summed E-state index contributed by atoms with van der Waals surface area (Å²) in [6.45, 7) is 4.14. The van der Waals surface area contributed by atoms with E-state index in [0.717, 1.165) is 12.2 Å². The molecule has 0 fully saturated rings. The Kier molecular flexibility index (Phi) is 3.67. The van der Waals surface area contributed by atoms with Crippen LogP contribution in [0.1, 0.15) is 16.4 Å². The van der Waals surface area contributed by atoms with Gasteiger partial charge in [-0.25, -0.2) is 0 Å². The van der Waals surface area contributed by atoms with Crippen LogP contribution in [-0.2, 0) is 11.2 Å². The molecule has 84 valence electrons. The summed E-state index contributed by atoms with van der Waals surface area (Å²) in [5.74, 6) is 1.04. The molecule has 0 aromatic heterocycles. The molecule has 2 nitrogen and oxygen atoms in total. The van der Waals surface area contributed by atoms with E-state index in [-0.39, 0.29) is 5.91 Å².